The van der Waals surface area contributed by atoms with Crippen LogP contribution in [0.3, 0.4) is 0 Å². The third kappa shape index (κ3) is 13.7. The Labute approximate surface area is 327 Å². The second kappa shape index (κ2) is 20.1. The van der Waals surface area contributed by atoms with Crippen molar-refractivity contribution in [2.45, 2.75) is 104 Å². The van der Waals surface area contributed by atoms with Gasteiger partial charge in [-0.25, -0.2) is 4.79 Å². The maximum absolute atomic E-state index is 13.6. The van der Waals surface area contributed by atoms with Gasteiger partial charge >= 0.3 is 5.97 Å². The van der Waals surface area contributed by atoms with Crippen LogP contribution in [-0.2, 0) is 47.0 Å². The molecule has 0 spiro atoms. The number of hydrogen-bond acceptors (Lipinski definition) is 8. The van der Waals surface area contributed by atoms with Crippen molar-refractivity contribution in [2.75, 3.05) is 6.54 Å². The van der Waals surface area contributed by atoms with Crippen LogP contribution in [0.5, 0.6) is 11.5 Å². The Morgan fingerprint density at radius 3 is 1.79 bits per heavy atom. The molecule has 0 saturated heterocycles. The largest absolute Gasteiger partial charge is 0.508 e. The topological polar surface area (TPSA) is 223 Å². The van der Waals surface area contributed by atoms with Crippen molar-refractivity contribution in [3.05, 3.63) is 94.5 Å². The number of phenols is 2. The molecule has 0 aliphatic heterocycles. The maximum Gasteiger partial charge on any atom is 0.326 e. The van der Waals surface area contributed by atoms with E-state index in [4.69, 9.17) is 0 Å². The van der Waals surface area contributed by atoms with Gasteiger partial charge in [0.2, 0.25) is 29.5 Å². The molecule has 0 aromatic heterocycles. The first-order valence-electron chi connectivity index (χ1n) is 18.6. The smallest absolute Gasteiger partial charge is 0.326 e. The molecule has 3 aromatic carbocycles. The molecular formula is C42H55N5O9. The van der Waals surface area contributed by atoms with Gasteiger partial charge in [-0.3, -0.25) is 24.0 Å². The highest BCUT2D eigenvalue weighted by Crippen LogP contribution is 2.34. The van der Waals surface area contributed by atoms with Crippen molar-refractivity contribution in [3.63, 3.8) is 0 Å². The summed E-state index contributed by atoms with van der Waals surface area (Å²) in [5, 5.41) is 42.7. The normalized spacial score (nSPS) is 13.4. The number of rotatable bonds is 19. The standard InChI is InChI=1S/C42H55N5O9/c1-24(2)17-34(41(55)56)47-40(54)33(19-28-11-9-8-10-12-28)46-37(51)23-43-38(52)27(5)44-39(53)32(20-29-13-15-30(48)16-14-29)45-36(50)22-42(6,7)31-21-35(49)26(4)18-25(31)3/h8-16,18,21,24,27,32-34,48-49H,17,19-20,22-23H2,1-7H3,(H,43,52)(H,44,53)(H,45,50)(H,46,51)(H,47,54)(H,55,56)/t27-,32+,33+,34-/m1/s1. The monoisotopic (exact) mass is 773 g/mol. The lowest BCUT2D eigenvalue weighted by molar-refractivity contribution is -0.142. The predicted octanol–water partition coefficient (Wildman–Crippen LogP) is 3.07. The minimum absolute atomic E-state index is 0.0209. The zero-order valence-corrected chi connectivity index (χ0v) is 33.1. The third-order valence-corrected chi connectivity index (χ3v) is 9.33. The van der Waals surface area contributed by atoms with Crippen LogP contribution in [0.15, 0.2) is 66.7 Å². The SMILES string of the molecule is Cc1cc(C)c(C(C)(C)CC(=O)N[C@@H](Cc2ccc(O)cc2)C(=O)N[C@H](C)C(=O)NCC(=O)N[C@@H](Cc2ccccc2)C(=O)N[C@H](CC(C)C)C(=O)O)cc1O. The summed E-state index contributed by atoms with van der Waals surface area (Å²) in [5.41, 5.74) is 2.99. The molecule has 0 radical (unpaired) electrons. The van der Waals surface area contributed by atoms with Gasteiger partial charge in [0.15, 0.2) is 0 Å². The summed E-state index contributed by atoms with van der Waals surface area (Å²) in [7, 11) is 0. The molecule has 3 aromatic rings. The molecule has 302 valence electrons. The molecule has 14 nitrogen and oxygen atoms in total. The molecule has 14 heteroatoms. The second-order valence-corrected chi connectivity index (χ2v) is 15.3. The number of hydrogen-bond donors (Lipinski definition) is 8. The Morgan fingerprint density at radius 2 is 1.21 bits per heavy atom. The number of aliphatic carboxylic acids is 1. The minimum atomic E-state index is -1.20. The van der Waals surface area contributed by atoms with E-state index >= 15 is 0 Å². The van der Waals surface area contributed by atoms with Crippen molar-refractivity contribution in [2.24, 2.45) is 5.92 Å². The van der Waals surface area contributed by atoms with E-state index in [1.165, 1.54) is 19.1 Å². The third-order valence-electron chi connectivity index (χ3n) is 9.33. The molecule has 0 fully saturated rings. The molecule has 56 heavy (non-hydrogen) atoms. The van der Waals surface area contributed by atoms with Crippen LogP contribution in [-0.4, -0.2) is 81.5 Å². The van der Waals surface area contributed by atoms with E-state index in [1.54, 1.807) is 55.5 Å². The number of carbonyl (C=O) groups is 6. The Bertz CT molecular complexity index is 1860. The molecular weight excluding hydrogens is 718 g/mol. The molecule has 3 rings (SSSR count). The predicted molar refractivity (Wildman–Crippen MR) is 211 cm³/mol. The maximum atomic E-state index is 13.6. The van der Waals surface area contributed by atoms with Gasteiger partial charge in [-0.1, -0.05) is 76.2 Å². The van der Waals surface area contributed by atoms with Crippen LogP contribution < -0.4 is 26.6 Å². The molecule has 0 aliphatic rings. The molecule has 0 bridgehead atoms. The van der Waals surface area contributed by atoms with Gasteiger partial charge in [-0.05, 0) is 84.5 Å². The quantitative estimate of drug-likeness (QED) is 0.0896. The molecule has 8 N–H and O–H groups in total. The first kappa shape index (κ1) is 44.5. The zero-order chi connectivity index (χ0) is 41.7. The van der Waals surface area contributed by atoms with Crippen LogP contribution in [0.4, 0.5) is 0 Å². The van der Waals surface area contributed by atoms with Crippen LogP contribution in [0.2, 0.25) is 0 Å². The summed E-state index contributed by atoms with van der Waals surface area (Å²) in [6.45, 7) is 11.9. The highest BCUT2D eigenvalue weighted by molar-refractivity contribution is 5.95. The van der Waals surface area contributed by atoms with Crippen molar-refractivity contribution < 1.29 is 44.1 Å². The van der Waals surface area contributed by atoms with Crippen molar-refractivity contribution >= 4 is 35.5 Å². The van der Waals surface area contributed by atoms with E-state index in [0.717, 1.165) is 11.1 Å². The van der Waals surface area contributed by atoms with Gasteiger partial charge in [-0.2, -0.15) is 0 Å². The molecule has 4 atom stereocenters. The lowest BCUT2D eigenvalue weighted by atomic mass is 9.78. The minimum Gasteiger partial charge on any atom is -0.508 e. The van der Waals surface area contributed by atoms with Crippen LogP contribution >= 0.6 is 0 Å². The van der Waals surface area contributed by atoms with Gasteiger partial charge in [0.1, 0.15) is 35.7 Å². The number of aryl methyl sites for hydroxylation is 2. The lowest BCUT2D eigenvalue weighted by Gasteiger charge is -2.28. The fourth-order valence-electron chi connectivity index (χ4n) is 6.36. The van der Waals surface area contributed by atoms with Crippen LogP contribution in [0.25, 0.3) is 0 Å². The van der Waals surface area contributed by atoms with Crippen molar-refractivity contribution in [1.29, 1.82) is 0 Å². The average molecular weight is 774 g/mol. The molecule has 0 unspecified atom stereocenters. The lowest BCUT2D eigenvalue weighted by Crippen LogP contribution is -2.56. The molecule has 0 heterocycles. The number of carboxylic acid groups (broad SMARTS) is 1. The summed E-state index contributed by atoms with van der Waals surface area (Å²) in [6.07, 6.45) is 0.247. The van der Waals surface area contributed by atoms with Crippen molar-refractivity contribution in [3.8, 4) is 11.5 Å². The van der Waals surface area contributed by atoms with Gasteiger partial charge in [0, 0.05) is 19.3 Å². The fraction of sp³-hybridized carbons (Fsp3) is 0.429. The fourth-order valence-corrected chi connectivity index (χ4v) is 6.36. The van der Waals surface area contributed by atoms with E-state index in [0.29, 0.717) is 16.7 Å². The molecule has 0 aliphatic carbocycles. The second-order valence-electron chi connectivity index (χ2n) is 15.3. The number of amides is 5. The van der Waals surface area contributed by atoms with Crippen LogP contribution in [0, 0.1) is 19.8 Å². The van der Waals surface area contributed by atoms with E-state index in [1.807, 2.05) is 40.7 Å². The zero-order valence-electron chi connectivity index (χ0n) is 33.1. The highest BCUT2D eigenvalue weighted by Gasteiger charge is 2.31. The summed E-state index contributed by atoms with van der Waals surface area (Å²) < 4.78 is 0. The highest BCUT2D eigenvalue weighted by atomic mass is 16.4. The van der Waals surface area contributed by atoms with E-state index < -0.39 is 71.6 Å². The number of aromatic hydroxyl groups is 2. The Balaban J connectivity index is 1.68. The number of benzene rings is 3. The van der Waals surface area contributed by atoms with Gasteiger partial charge < -0.3 is 41.9 Å². The number of nitrogens with one attached hydrogen (secondary N) is 5. The molecule has 0 saturated carbocycles. The van der Waals surface area contributed by atoms with Gasteiger partial charge in [-0.15, -0.1) is 0 Å². The van der Waals surface area contributed by atoms with Gasteiger partial charge in [0.05, 0.1) is 6.54 Å². The Kier molecular flexibility index (Phi) is 16.0. The average Bonchev–Trinajstić information content (AvgIpc) is 3.11. The van der Waals surface area contributed by atoms with E-state index in [-0.39, 0.29) is 43.1 Å². The summed E-state index contributed by atoms with van der Waals surface area (Å²) in [5.74, 6) is -4.35. The first-order valence-corrected chi connectivity index (χ1v) is 18.6. The molecule has 5 amide bonds. The number of carbonyl (C=O) groups excluding carboxylic acids is 5. The summed E-state index contributed by atoms with van der Waals surface area (Å²) in [4.78, 5) is 78.3. The first-order chi connectivity index (χ1) is 26.2. The number of phenolic OH excluding ortho intramolecular Hbond substituents is 2. The Morgan fingerprint density at radius 1 is 0.661 bits per heavy atom. The number of carboxylic acids is 1. The Hall–Kier alpha value is -5.92. The summed E-state index contributed by atoms with van der Waals surface area (Å²) >= 11 is 0. The van der Waals surface area contributed by atoms with Crippen molar-refractivity contribution in [1.82, 2.24) is 26.6 Å². The van der Waals surface area contributed by atoms with E-state index in [2.05, 4.69) is 26.6 Å². The van der Waals surface area contributed by atoms with E-state index in [9.17, 15) is 44.1 Å². The summed E-state index contributed by atoms with van der Waals surface area (Å²) in [6, 6.07) is 13.8. The van der Waals surface area contributed by atoms with Gasteiger partial charge in [0.25, 0.3) is 0 Å². The van der Waals surface area contributed by atoms with Crippen LogP contribution in [0.1, 0.15) is 75.3 Å².